The molecule has 4 rings (SSSR count). The molecule has 8 nitrogen and oxygen atoms in total. The number of thioether (sulfide) groups is 1. The number of amidine groups is 1. The molecule has 0 radical (unpaired) electrons. The van der Waals surface area contributed by atoms with Crippen molar-refractivity contribution in [2.75, 3.05) is 18.6 Å². The predicted molar refractivity (Wildman–Crippen MR) is 119 cm³/mol. The van der Waals surface area contributed by atoms with Gasteiger partial charge in [-0.25, -0.2) is 0 Å². The molecule has 3 amide bonds. The van der Waals surface area contributed by atoms with Gasteiger partial charge in [0.05, 0.1) is 12.8 Å². The number of carbonyl (C=O) groups is 3. The highest BCUT2D eigenvalue weighted by molar-refractivity contribution is 8.15. The molecule has 0 aromatic heterocycles. The Morgan fingerprint density at radius 3 is 2.55 bits per heavy atom. The first-order valence-electron chi connectivity index (χ1n) is 9.77. The zero-order valence-electron chi connectivity index (χ0n) is 17.4. The summed E-state index contributed by atoms with van der Waals surface area (Å²) in [5.41, 5.74) is 2.40. The molecule has 1 N–H and O–H groups in total. The summed E-state index contributed by atoms with van der Waals surface area (Å²) in [7, 11) is 1.54. The number of ether oxygens (including phenoxy) is 1. The van der Waals surface area contributed by atoms with E-state index in [4.69, 9.17) is 4.74 Å². The third-order valence-corrected chi connectivity index (χ3v) is 6.42. The van der Waals surface area contributed by atoms with Crippen LogP contribution in [0.2, 0.25) is 0 Å². The molecule has 2 aromatic rings. The van der Waals surface area contributed by atoms with Crippen LogP contribution in [-0.2, 0) is 25.7 Å². The first-order valence-corrected chi connectivity index (χ1v) is 10.6. The number of hydrogen-bond donors (Lipinski definition) is 1. The number of hydrogen-bond acceptors (Lipinski definition) is 6. The molecule has 2 aliphatic heterocycles. The number of anilines is 1. The molecule has 160 valence electrons. The van der Waals surface area contributed by atoms with Crippen molar-refractivity contribution in [2.45, 2.75) is 25.1 Å². The predicted octanol–water partition coefficient (Wildman–Crippen LogP) is 2.44. The summed E-state index contributed by atoms with van der Waals surface area (Å²) in [6.45, 7) is 3.14. The number of benzene rings is 2. The minimum atomic E-state index is -1.43. The lowest BCUT2D eigenvalue weighted by molar-refractivity contribution is -0.139. The van der Waals surface area contributed by atoms with Crippen LogP contribution >= 0.6 is 11.8 Å². The van der Waals surface area contributed by atoms with E-state index in [1.54, 1.807) is 24.1 Å². The smallest absolute Gasteiger partial charge is 0.270 e. The summed E-state index contributed by atoms with van der Waals surface area (Å²) in [5.74, 6) is -0.451. The van der Waals surface area contributed by atoms with Gasteiger partial charge in [-0.3, -0.25) is 14.4 Å². The molecular formula is C22H22N4O4S. The van der Waals surface area contributed by atoms with Gasteiger partial charge in [0.15, 0.2) is 5.17 Å². The molecule has 0 bridgehead atoms. The van der Waals surface area contributed by atoms with E-state index < -0.39 is 10.8 Å². The number of fused-ring (bicyclic) bond motifs is 2. The second-order valence-corrected chi connectivity index (χ2v) is 8.42. The van der Waals surface area contributed by atoms with E-state index in [9.17, 15) is 14.4 Å². The zero-order valence-corrected chi connectivity index (χ0v) is 18.2. The van der Waals surface area contributed by atoms with Crippen molar-refractivity contribution < 1.29 is 19.1 Å². The van der Waals surface area contributed by atoms with Crippen LogP contribution in [0, 0.1) is 0 Å². The second kappa shape index (κ2) is 8.07. The number of rotatable bonds is 4. The van der Waals surface area contributed by atoms with E-state index in [-0.39, 0.29) is 17.0 Å². The van der Waals surface area contributed by atoms with E-state index in [1.807, 2.05) is 36.4 Å². The van der Waals surface area contributed by atoms with Gasteiger partial charge in [-0.15, -0.1) is 5.10 Å². The van der Waals surface area contributed by atoms with Crippen LogP contribution in [0.5, 0.6) is 5.75 Å². The molecule has 2 aliphatic rings. The molecular weight excluding hydrogens is 416 g/mol. The van der Waals surface area contributed by atoms with Crippen molar-refractivity contribution in [3.8, 4) is 5.75 Å². The Bertz CT molecular complexity index is 1090. The first-order chi connectivity index (χ1) is 14.9. The molecule has 9 heteroatoms. The molecule has 0 aliphatic carbocycles. The van der Waals surface area contributed by atoms with E-state index in [0.29, 0.717) is 30.0 Å². The quantitative estimate of drug-likeness (QED) is 0.792. The van der Waals surface area contributed by atoms with E-state index in [1.165, 1.54) is 13.8 Å². The Labute approximate surface area is 184 Å². The molecule has 2 aromatic carbocycles. The van der Waals surface area contributed by atoms with Crippen LogP contribution in [0.4, 0.5) is 5.69 Å². The summed E-state index contributed by atoms with van der Waals surface area (Å²) in [6, 6.07) is 15.2. The van der Waals surface area contributed by atoms with Crippen molar-refractivity contribution in [2.24, 2.45) is 5.10 Å². The zero-order chi connectivity index (χ0) is 22.2. The molecule has 0 saturated carbocycles. The SMILES string of the molecule is COc1ccc2c(c1)C1(SC(NC(C)=O)=NN1C(C)=O)C(=O)N2CCc1ccccc1. The standard InChI is InChI=1S/C22H22N4O4S/c1-14(27)23-21-24-26(15(2)28)22(31-21)18-13-17(30-3)9-10-19(18)25(20(22)29)12-11-16-7-5-4-6-8-16/h4-10,13H,11-12H2,1-3H3,(H,23,24,27). The highest BCUT2D eigenvalue weighted by atomic mass is 32.2. The van der Waals surface area contributed by atoms with Crippen LogP contribution in [0.3, 0.4) is 0 Å². The van der Waals surface area contributed by atoms with Gasteiger partial charge in [0.25, 0.3) is 5.91 Å². The summed E-state index contributed by atoms with van der Waals surface area (Å²) < 4.78 is 5.38. The van der Waals surface area contributed by atoms with Crippen molar-refractivity contribution in [1.82, 2.24) is 10.3 Å². The average molecular weight is 439 g/mol. The normalized spacial score (nSPS) is 19.5. The third-order valence-electron chi connectivity index (χ3n) is 5.18. The molecule has 0 fully saturated rings. The molecule has 0 saturated heterocycles. The van der Waals surface area contributed by atoms with E-state index in [0.717, 1.165) is 22.3 Å². The van der Waals surface area contributed by atoms with E-state index in [2.05, 4.69) is 10.4 Å². The minimum absolute atomic E-state index is 0.203. The van der Waals surface area contributed by atoms with Crippen LogP contribution in [0.25, 0.3) is 0 Å². The van der Waals surface area contributed by atoms with Gasteiger partial charge in [0.1, 0.15) is 5.75 Å². The Morgan fingerprint density at radius 1 is 1.16 bits per heavy atom. The monoisotopic (exact) mass is 438 g/mol. The number of nitrogens with zero attached hydrogens (tertiary/aromatic N) is 3. The van der Waals surface area contributed by atoms with Crippen molar-refractivity contribution >= 4 is 40.3 Å². The van der Waals surface area contributed by atoms with Crippen molar-refractivity contribution in [1.29, 1.82) is 0 Å². The molecule has 1 spiro atoms. The number of methoxy groups -OCH3 is 1. The number of amides is 3. The lowest BCUT2D eigenvalue weighted by Crippen LogP contribution is -2.48. The van der Waals surface area contributed by atoms with Crippen LogP contribution < -0.4 is 15.0 Å². The number of nitrogens with one attached hydrogen (secondary N) is 1. The van der Waals surface area contributed by atoms with E-state index >= 15 is 0 Å². The summed E-state index contributed by atoms with van der Waals surface area (Å²) >= 11 is 1.06. The lowest BCUT2D eigenvalue weighted by atomic mass is 10.1. The average Bonchev–Trinajstić information content (AvgIpc) is 3.24. The van der Waals surface area contributed by atoms with Gasteiger partial charge in [-0.1, -0.05) is 30.3 Å². The van der Waals surface area contributed by atoms with Crippen molar-refractivity contribution in [3.05, 3.63) is 59.7 Å². The van der Waals surface area contributed by atoms with Gasteiger partial charge >= 0.3 is 0 Å². The topological polar surface area (TPSA) is 91.3 Å². The molecule has 2 heterocycles. The maximum atomic E-state index is 13.8. The maximum Gasteiger partial charge on any atom is 0.270 e. The lowest BCUT2D eigenvalue weighted by Gasteiger charge is -2.29. The van der Waals surface area contributed by atoms with Gasteiger partial charge in [-0.05, 0) is 41.9 Å². The highest BCUT2D eigenvalue weighted by Gasteiger charge is 2.61. The fourth-order valence-corrected chi connectivity index (χ4v) is 5.15. The van der Waals surface area contributed by atoms with Gasteiger partial charge in [-0.2, -0.15) is 5.01 Å². The third kappa shape index (κ3) is 3.54. The Kier molecular flexibility index (Phi) is 5.45. The first kappa shape index (κ1) is 20.9. The number of carbonyl (C=O) groups excluding carboxylic acids is 3. The summed E-state index contributed by atoms with van der Waals surface area (Å²) in [4.78, 5) is 38.2. The Hall–Kier alpha value is -3.33. The highest BCUT2D eigenvalue weighted by Crippen LogP contribution is 2.55. The summed E-state index contributed by atoms with van der Waals surface area (Å²) in [5, 5.41) is 8.23. The Balaban J connectivity index is 1.77. The summed E-state index contributed by atoms with van der Waals surface area (Å²) in [6.07, 6.45) is 0.651. The Morgan fingerprint density at radius 2 is 1.90 bits per heavy atom. The largest absolute Gasteiger partial charge is 0.497 e. The van der Waals surface area contributed by atoms with Gasteiger partial charge in [0, 0.05) is 26.0 Å². The van der Waals surface area contributed by atoms with Gasteiger partial charge < -0.3 is 15.0 Å². The minimum Gasteiger partial charge on any atom is -0.497 e. The fourth-order valence-electron chi connectivity index (χ4n) is 3.83. The van der Waals surface area contributed by atoms with Crippen LogP contribution in [0.15, 0.2) is 53.6 Å². The molecule has 1 unspecified atom stereocenters. The van der Waals surface area contributed by atoms with Gasteiger partial charge in [0.2, 0.25) is 16.7 Å². The van der Waals surface area contributed by atoms with Crippen molar-refractivity contribution in [3.63, 3.8) is 0 Å². The van der Waals surface area contributed by atoms with Crippen LogP contribution in [-0.4, -0.2) is 41.6 Å². The molecule has 31 heavy (non-hydrogen) atoms. The maximum absolute atomic E-state index is 13.8. The van der Waals surface area contributed by atoms with Crippen LogP contribution in [0.1, 0.15) is 25.0 Å². The number of hydrazone groups is 1. The fraction of sp³-hybridized carbons (Fsp3) is 0.273. The second-order valence-electron chi connectivity index (χ2n) is 7.24. The molecule has 1 atom stereocenters.